The Morgan fingerprint density at radius 1 is 0.527 bits per heavy atom. The van der Waals surface area contributed by atoms with Crippen molar-refractivity contribution in [3.63, 3.8) is 0 Å². The number of hydrogen-bond acceptors (Lipinski definition) is 4. The zero-order valence-electron chi connectivity index (χ0n) is 30.0. The van der Waals surface area contributed by atoms with Crippen molar-refractivity contribution in [2.24, 2.45) is 11.8 Å². The maximum atomic E-state index is 6.74. The third kappa shape index (κ3) is 5.41. The number of aromatic nitrogens is 3. The molecule has 55 heavy (non-hydrogen) atoms. The minimum atomic E-state index is 0.0842. The van der Waals surface area contributed by atoms with Gasteiger partial charge in [0, 0.05) is 45.2 Å². The van der Waals surface area contributed by atoms with E-state index in [0.717, 1.165) is 78.3 Å². The van der Waals surface area contributed by atoms with Gasteiger partial charge in [-0.25, -0.2) is 15.0 Å². The fraction of sp³-hybridized carbons (Fsp3) is 0.0784. The molecule has 11 rings (SSSR count). The van der Waals surface area contributed by atoms with E-state index in [2.05, 4.69) is 182 Å². The second-order valence-electron chi connectivity index (χ2n) is 14.6. The lowest BCUT2D eigenvalue weighted by Crippen LogP contribution is -2.14. The van der Waals surface area contributed by atoms with E-state index < -0.39 is 0 Å². The molecule has 3 aliphatic rings. The van der Waals surface area contributed by atoms with Gasteiger partial charge in [-0.15, -0.1) is 0 Å². The number of benzene rings is 6. The minimum absolute atomic E-state index is 0.0842. The van der Waals surface area contributed by atoms with Crippen molar-refractivity contribution < 1.29 is 4.42 Å². The van der Waals surface area contributed by atoms with Crippen LogP contribution in [0.15, 0.2) is 187 Å². The Kier molecular flexibility index (Phi) is 7.41. The van der Waals surface area contributed by atoms with Gasteiger partial charge in [-0.1, -0.05) is 164 Å². The van der Waals surface area contributed by atoms with Crippen LogP contribution >= 0.6 is 0 Å². The molecule has 0 amide bonds. The highest BCUT2D eigenvalue weighted by atomic mass is 16.3. The lowest BCUT2D eigenvalue weighted by atomic mass is 9.83. The topological polar surface area (TPSA) is 51.8 Å². The Morgan fingerprint density at radius 3 is 2.16 bits per heavy atom. The van der Waals surface area contributed by atoms with E-state index in [1.54, 1.807) is 0 Å². The number of para-hydroxylation sites is 1. The third-order valence-corrected chi connectivity index (χ3v) is 11.4. The van der Waals surface area contributed by atoms with Gasteiger partial charge in [0.1, 0.15) is 17.0 Å². The molecule has 4 heteroatoms. The van der Waals surface area contributed by atoms with Crippen LogP contribution in [0.5, 0.6) is 0 Å². The van der Waals surface area contributed by atoms with Crippen molar-refractivity contribution in [3.8, 4) is 33.6 Å². The molecule has 0 spiro atoms. The molecule has 3 unspecified atom stereocenters. The number of furan rings is 1. The predicted molar refractivity (Wildman–Crippen MR) is 226 cm³/mol. The van der Waals surface area contributed by atoms with Crippen LogP contribution in [0.2, 0.25) is 0 Å². The van der Waals surface area contributed by atoms with Crippen LogP contribution in [0, 0.1) is 11.8 Å². The first-order valence-corrected chi connectivity index (χ1v) is 19.1. The minimum Gasteiger partial charge on any atom is -0.455 e. The number of nitrogens with zero attached hydrogens (tertiary/aromatic N) is 3. The normalized spacial score (nSPS) is 18.8. The molecule has 0 N–H and O–H groups in total. The second-order valence-corrected chi connectivity index (χ2v) is 14.6. The molecule has 3 atom stereocenters. The number of allylic oxidation sites excluding steroid dienone is 12. The Hall–Kier alpha value is -6.91. The number of fused-ring (bicyclic) bond motifs is 6. The van der Waals surface area contributed by atoms with E-state index in [4.69, 9.17) is 19.4 Å². The molecule has 6 aromatic carbocycles. The zero-order chi connectivity index (χ0) is 36.3. The molecule has 4 nitrogen and oxygen atoms in total. The van der Waals surface area contributed by atoms with Gasteiger partial charge in [0.05, 0.1) is 0 Å². The van der Waals surface area contributed by atoms with Crippen molar-refractivity contribution in [1.82, 2.24) is 15.0 Å². The SMILES string of the molecule is C1=CCC(c2nc(C3=CC4C=CC=CC4C=C3)nc(-c3ccc(-c4cccc5oc6c(-c7ccc8ccccc8c7)cccc6c45)c4ccccc34)n2)C=C1. The largest absolute Gasteiger partial charge is 0.455 e. The highest BCUT2D eigenvalue weighted by Crippen LogP contribution is 2.44. The van der Waals surface area contributed by atoms with Crippen molar-refractivity contribution in [3.05, 3.63) is 194 Å². The van der Waals surface area contributed by atoms with E-state index in [0.29, 0.717) is 17.6 Å². The summed E-state index contributed by atoms with van der Waals surface area (Å²) in [6.45, 7) is 0. The van der Waals surface area contributed by atoms with Crippen LogP contribution in [0.1, 0.15) is 24.0 Å². The van der Waals surface area contributed by atoms with Crippen LogP contribution in [-0.4, -0.2) is 15.0 Å². The molecule has 2 aromatic heterocycles. The summed E-state index contributed by atoms with van der Waals surface area (Å²) in [7, 11) is 0. The molecule has 0 bridgehead atoms. The first kappa shape index (κ1) is 31.6. The molecule has 0 fully saturated rings. The van der Waals surface area contributed by atoms with Gasteiger partial charge in [-0.2, -0.15) is 0 Å². The van der Waals surface area contributed by atoms with Gasteiger partial charge < -0.3 is 4.42 Å². The van der Waals surface area contributed by atoms with Gasteiger partial charge in [-0.05, 0) is 62.9 Å². The molecule has 260 valence electrons. The first-order chi connectivity index (χ1) is 27.2. The van der Waals surface area contributed by atoms with Crippen LogP contribution in [0.25, 0.3) is 82.7 Å². The summed E-state index contributed by atoms with van der Waals surface area (Å²) in [4.78, 5) is 15.5. The van der Waals surface area contributed by atoms with Crippen LogP contribution in [0.3, 0.4) is 0 Å². The number of rotatable bonds is 5. The van der Waals surface area contributed by atoms with E-state index >= 15 is 0 Å². The Morgan fingerprint density at radius 2 is 1.27 bits per heavy atom. The van der Waals surface area contributed by atoms with Crippen molar-refractivity contribution in [2.45, 2.75) is 12.3 Å². The summed E-state index contributed by atoms with van der Waals surface area (Å²) in [5.41, 5.74) is 8.29. The van der Waals surface area contributed by atoms with Crippen LogP contribution in [-0.2, 0) is 0 Å². The lowest BCUT2D eigenvalue weighted by Gasteiger charge is -2.23. The van der Waals surface area contributed by atoms with Gasteiger partial charge in [0.25, 0.3) is 0 Å². The molecule has 0 aliphatic heterocycles. The molecule has 3 aliphatic carbocycles. The Balaban J connectivity index is 1.07. The van der Waals surface area contributed by atoms with Crippen molar-refractivity contribution >= 4 is 49.1 Å². The molecule has 0 saturated carbocycles. The smallest absolute Gasteiger partial charge is 0.164 e. The second kappa shape index (κ2) is 12.9. The summed E-state index contributed by atoms with van der Waals surface area (Å²) >= 11 is 0. The maximum Gasteiger partial charge on any atom is 0.164 e. The standard InChI is InChI=1S/C51H35N3O/c1-2-14-34(15-3-1)49-52-50(38-27-25-33-13-5-7-17-36(33)31-38)54-51(53-49)44-29-28-42(40-18-8-9-19-41(40)44)43-21-11-23-46-47(43)45-22-10-20-39(48(45)55-46)37-26-24-32-12-4-6-16-35(32)30-37/h1-14,16-31,33-34,36H,15H2. The highest BCUT2D eigenvalue weighted by molar-refractivity contribution is 6.18. The molecule has 0 radical (unpaired) electrons. The molecule has 8 aromatic rings. The maximum absolute atomic E-state index is 6.74. The van der Waals surface area contributed by atoms with Gasteiger partial charge in [-0.3, -0.25) is 0 Å². The summed E-state index contributed by atoms with van der Waals surface area (Å²) in [6, 6.07) is 41.1. The summed E-state index contributed by atoms with van der Waals surface area (Å²) in [6.07, 6.45) is 24.9. The first-order valence-electron chi connectivity index (χ1n) is 19.1. The third-order valence-electron chi connectivity index (χ3n) is 11.4. The quantitative estimate of drug-likeness (QED) is 0.179. The summed E-state index contributed by atoms with van der Waals surface area (Å²) in [5.74, 6) is 2.93. The summed E-state index contributed by atoms with van der Waals surface area (Å²) < 4.78 is 6.74. The fourth-order valence-electron chi connectivity index (χ4n) is 8.59. The van der Waals surface area contributed by atoms with Crippen molar-refractivity contribution in [2.75, 3.05) is 0 Å². The zero-order valence-corrected chi connectivity index (χ0v) is 30.0. The average Bonchev–Trinajstić information content (AvgIpc) is 3.65. The van der Waals surface area contributed by atoms with Gasteiger partial charge in [0.2, 0.25) is 0 Å². The van der Waals surface area contributed by atoms with E-state index in [1.165, 1.54) is 10.8 Å². The molecular weight excluding hydrogens is 671 g/mol. The molecule has 0 saturated heterocycles. The lowest BCUT2D eigenvalue weighted by molar-refractivity contribution is 0.661. The fourth-order valence-corrected chi connectivity index (χ4v) is 8.59. The van der Waals surface area contributed by atoms with Gasteiger partial charge >= 0.3 is 0 Å². The Bertz CT molecular complexity index is 3040. The monoisotopic (exact) mass is 705 g/mol. The average molecular weight is 706 g/mol. The van der Waals surface area contributed by atoms with Crippen molar-refractivity contribution in [1.29, 1.82) is 0 Å². The summed E-state index contributed by atoms with van der Waals surface area (Å²) in [5, 5.41) is 6.88. The molecule has 2 heterocycles. The van der Waals surface area contributed by atoms with E-state index in [-0.39, 0.29) is 11.8 Å². The van der Waals surface area contributed by atoms with E-state index in [9.17, 15) is 0 Å². The van der Waals surface area contributed by atoms with Crippen LogP contribution < -0.4 is 0 Å². The van der Waals surface area contributed by atoms with Crippen LogP contribution in [0.4, 0.5) is 0 Å². The molecular formula is C51H35N3O. The van der Waals surface area contributed by atoms with E-state index in [1.807, 2.05) is 0 Å². The highest BCUT2D eigenvalue weighted by Gasteiger charge is 2.24. The predicted octanol–water partition coefficient (Wildman–Crippen LogP) is 13.0. The van der Waals surface area contributed by atoms with Gasteiger partial charge in [0.15, 0.2) is 11.6 Å². The number of hydrogen-bond donors (Lipinski definition) is 0. The Labute approximate surface area is 318 Å².